The Hall–Kier alpha value is -2.02. The zero-order chi connectivity index (χ0) is 12.7. The van der Waals surface area contributed by atoms with Crippen LogP contribution in [0.3, 0.4) is 0 Å². The van der Waals surface area contributed by atoms with Gasteiger partial charge in [-0.2, -0.15) is 0 Å². The Morgan fingerprint density at radius 1 is 1.47 bits per heavy atom. The maximum Gasteiger partial charge on any atom is 0.292 e. The van der Waals surface area contributed by atoms with Crippen molar-refractivity contribution < 1.29 is 4.92 Å². The highest BCUT2D eigenvalue weighted by Crippen LogP contribution is 2.25. The number of rotatable bonds is 6. The number of hydrogen-bond acceptors (Lipinski definition) is 3. The normalized spacial score (nSPS) is 9.65. The number of nitro groups is 1. The van der Waals surface area contributed by atoms with Crippen LogP contribution in [0.4, 0.5) is 11.4 Å². The summed E-state index contributed by atoms with van der Waals surface area (Å²) in [5.41, 5.74) is 1.70. The van der Waals surface area contributed by atoms with Gasteiger partial charge in [-0.15, -0.1) is 12.3 Å². The van der Waals surface area contributed by atoms with Crippen LogP contribution in [0, 0.1) is 29.4 Å². The molecule has 1 aromatic carbocycles. The molecule has 0 aliphatic carbocycles. The molecule has 0 heterocycles. The highest BCUT2D eigenvalue weighted by Gasteiger charge is 2.12. The molecule has 1 N–H and O–H groups in total. The monoisotopic (exact) mass is 232 g/mol. The molecule has 0 aliphatic heterocycles. The van der Waals surface area contributed by atoms with E-state index >= 15 is 0 Å². The summed E-state index contributed by atoms with van der Waals surface area (Å²) >= 11 is 0. The number of benzene rings is 1. The Balaban J connectivity index is 2.60. The van der Waals surface area contributed by atoms with E-state index in [1.54, 1.807) is 12.1 Å². The number of aryl methyl sites for hydroxylation is 1. The van der Waals surface area contributed by atoms with Gasteiger partial charge >= 0.3 is 0 Å². The summed E-state index contributed by atoms with van der Waals surface area (Å²) in [5.74, 6) is 2.57. The largest absolute Gasteiger partial charge is 0.379 e. The number of hydrogen-bond donors (Lipinski definition) is 1. The molecule has 0 aliphatic rings. The van der Waals surface area contributed by atoms with Gasteiger partial charge in [0.25, 0.3) is 5.69 Å². The summed E-state index contributed by atoms with van der Waals surface area (Å²) < 4.78 is 0. The number of unbranched alkanes of at least 4 members (excludes halogenated alkanes) is 2. The van der Waals surface area contributed by atoms with Gasteiger partial charge in [-0.05, 0) is 31.4 Å². The summed E-state index contributed by atoms with van der Waals surface area (Å²) in [6.45, 7) is 2.61. The van der Waals surface area contributed by atoms with Gasteiger partial charge in [-0.25, -0.2) is 0 Å². The van der Waals surface area contributed by atoms with Crippen LogP contribution in [0.15, 0.2) is 18.2 Å². The van der Waals surface area contributed by atoms with E-state index in [2.05, 4.69) is 11.2 Å². The van der Waals surface area contributed by atoms with E-state index in [1.165, 1.54) is 6.07 Å². The first-order valence-electron chi connectivity index (χ1n) is 5.57. The lowest BCUT2D eigenvalue weighted by molar-refractivity contribution is -0.384. The SMILES string of the molecule is C#CCCCCNc1cc(C)ccc1[N+](=O)[O-]. The number of nitro benzene ring substituents is 1. The van der Waals surface area contributed by atoms with Crippen LogP contribution in [-0.2, 0) is 0 Å². The molecule has 1 aromatic rings. The molecule has 4 nitrogen and oxygen atoms in total. The van der Waals surface area contributed by atoms with E-state index in [4.69, 9.17) is 6.42 Å². The van der Waals surface area contributed by atoms with Crippen LogP contribution in [0.25, 0.3) is 0 Å². The fourth-order valence-corrected chi connectivity index (χ4v) is 1.53. The first-order valence-corrected chi connectivity index (χ1v) is 5.57. The van der Waals surface area contributed by atoms with Crippen LogP contribution in [0.5, 0.6) is 0 Å². The van der Waals surface area contributed by atoms with Crippen LogP contribution < -0.4 is 5.32 Å². The molecule has 0 fully saturated rings. The van der Waals surface area contributed by atoms with Gasteiger partial charge in [0.2, 0.25) is 0 Å². The minimum absolute atomic E-state index is 0.118. The minimum Gasteiger partial charge on any atom is -0.379 e. The third-order valence-electron chi connectivity index (χ3n) is 2.41. The standard InChI is InChI=1S/C13H16N2O2/c1-3-4-5-6-9-14-12-10-11(2)7-8-13(12)15(16)17/h1,7-8,10,14H,4-6,9H2,2H3. The van der Waals surface area contributed by atoms with Gasteiger partial charge in [-0.1, -0.05) is 6.07 Å². The predicted octanol–water partition coefficient (Wildman–Crippen LogP) is 3.12. The molecular formula is C13H16N2O2. The van der Waals surface area contributed by atoms with Gasteiger partial charge in [0, 0.05) is 19.0 Å². The van der Waals surface area contributed by atoms with Crippen molar-refractivity contribution in [1.82, 2.24) is 0 Å². The van der Waals surface area contributed by atoms with Crippen LogP contribution >= 0.6 is 0 Å². The van der Waals surface area contributed by atoms with Crippen molar-refractivity contribution in [2.75, 3.05) is 11.9 Å². The molecule has 0 radical (unpaired) electrons. The second-order valence-electron chi connectivity index (χ2n) is 3.87. The Morgan fingerprint density at radius 3 is 2.88 bits per heavy atom. The van der Waals surface area contributed by atoms with Crippen molar-refractivity contribution in [3.63, 3.8) is 0 Å². The third-order valence-corrected chi connectivity index (χ3v) is 2.41. The molecule has 0 bridgehead atoms. The lowest BCUT2D eigenvalue weighted by Crippen LogP contribution is -2.04. The maximum absolute atomic E-state index is 10.8. The van der Waals surface area contributed by atoms with Gasteiger partial charge in [0.15, 0.2) is 0 Å². The molecular weight excluding hydrogens is 216 g/mol. The van der Waals surface area contributed by atoms with Crippen molar-refractivity contribution in [2.45, 2.75) is 26.2 Å². The minimum atomic E-state index is -0.372. The Morgan fingerprint density at radius 2 is 2.24 bits per heavy atom. The summed E-state index contributed by atoms with van der Waals surface area (Å²) in [7, 11) is 0. The molecule has 0 atom stereocenters. The average Bonchev–Trinajstić information content (AvgIpc) is 2.28. The van der Waals surface area contributed by atoms with Gasteiger partial charge in [-0.3, -0.25) is 10.1 Å². The van der Waals surface area contributed by atoms with Crippen molar-refractivity contribution in [1.29, 1.82) is 0 Å². The average molecular weight is 232 g/mol. The molecule has 0 saturated heterocycles. The second-order valence-corrected chi connectivity index (χ2v) is 3.87. The van der Waals surface area contributed by atoms with Gasteiger partial charge in [0.1, 0.15) is 5.69 Å². The van der Waals surface area contributed by atoms with Crippen molar-refractivity contribution in [3.05, 3.63) is 33.9 Å². The molecule has 0 aromatic heterocycles. The second kappa shape index (κ2) is 6.54. The number of terminal acetylenes is 1. The van der Waals surface area contributed by atoms with E-state index in [9.17, 15) is 10.1 Å². The Bertz CT molecular complexity index is 436. The summed E-state index contributed by atoms with van der Waals surface area (Å²) in [5, 5.41) is 13.9. The Kier molecular flexibility index (Phi) is 5.02. The summed E-state index contributed by atoms with van der Waals surface area (Å²) in [6, 6.07) is 5.06. The van der Waals surface area contributed by atoms with Crippen LogP contribution in [-0.4, -0.2) is 11.5 Å². The van der Waals surface area contributed by atoms with E-state index in [-0.39, 0.29) is 10.6 Å². The molecule has 17 heavy (non-hydrogen) atoms. The molecule has 1 rings (SSSR count). The predicted molar refractivity (Wildman–Crippen MR) is 69.0 cm³/mol. The highest BCUT2D eigenvalue weighted by molar-refractivity contribution is 5.62. The zero-order valence-electron chi connectivity index (χ0n) is 9.90. The molecule has 4 heteroatoms. The first kappa shape index (κ1) is 13.0. The van der Waals surface area contributed by atoms with Crippen molar-refractivity contribution in [2.24, 2.45) is 0 Å². The van der Waals surface area contributed by atoms with E-state index in [0.29, 0.717) is 12.2 Å². The molecule has 0 spiro atoms. The highest BCUT2D eigenvalue weighted by atomic mass is 16.6. The molecule has 0 unspecified atom stereocenters. The van der Waals surface area contributed by atoms with Crippen molar-refractivity contribution in [3.8, 4) is 12.3 Å². The Labute approximate surface area is 101 Å². The number of nitrogens with zero attached hydrogens (tertiary/aromatic N) is 1. The fourth-order valence-electron chi connectivity index (χ4n) is 1.53. The number of anilines is 1. The molecule has 90 valence electrons. The lowest BCUT2D eigenvalue weighted by Gasteiger charge is -2.07. The van der Waals surface area contributed by atoms with Crippen LogP contribution in [0.1, 0.15) is 24.8 Å². The summed E-state index contributed by atoms with van der Waals surface area (Å²) in [4.78, 5) is 10.4. The van der Waals surface area contributed by atoms with Gasteiger partial charge < -0.3 is 5.32 Å². The van der Waals surface area contributed by atoms with Gasteiger partial charge in [0.05, 0.1) is 4.92 Å². The number of nitrogens with one attached hydrogen (secondary N) is 1. The molecule has 0 amide bonds. The first-order chi connectivity index (χ1) is 8.15. The molecule has 0 saturated carbocycles. The topological polar surface area (TPSA) is 55.2 Å². The van der Waals surface area contributed by atoms with E-state index < -0.39 is 0 Å². The quantitative estimate of drug-likeness (QED) is 0.355. The van der Waals surface area contributed by atoms with E-state index in [0.717, 1.165) is 24.8 Å². The van der Waals surface area contributed by atoms with Crippen LogP contribution in [0.2, 0.25) is 0 Å². The third kappa shape index (κ3) is 4.15. The summed E-state index contributed by atoms with van der Waals surface area (Å²) in [6.07, 6.45) is 7.74. The lowest BCUT2D eigenvalue weighted by atomic mass is 10.2. The fraction of sp³-hybridized carbons (Fsp3) is 0.385. The van der Waals surface area contributed by atoms with Crippen molar-refractivity contribution >= 4 is 11.4 Å². The smallest absolute Gasteiger partial charge is 0.292 e. The zero-order valence-corrected chi connectivity index (χ0v) is 9.90. The van der Waals surface area contributed by atoms with E-state index in [1.807, 2.05) is 6.92 Å². The maximum atomic E-state index is 10.8.